The van der Waals surface area contributed by atoms with Crippen LogP contribution in [-0.4, -0.2) is 114 Å². The molecular weight excluding hydrogens is 1050 g/mol. The van der Waals surface area contributed by atoms with E-state index in [0.717, 1.165) is 77.0 Å². The largest absolute Gasteiger partial charge is 0.462 e. The van der Waals surface area contributed by atoms with E-state index < -0.39 is 79.1 Å². The van der Waals surface area contributed by atoms with Crippen LogP contribution in [0.25, 0.3) is 0 Å². The third-order valence-electron chi connectivity index (χ3n) is 24.1. The van der Waals surface area contributed by atoms with Crippen LogP contribution in [-0.2, 0) is 48.9 Å². The number of rotatable bonds is 20. The molecule has 17 nitrogen and oxygen atoms in total. The molecule has 0 saturated heterocycles. The summed E-state index contributed by atoms with van der Waals surface area (Å²) in [5.74, 6) is 0.204. The second-order valence-corrected chi connectivity index (χ2v) is 32.6. The van der Waals surface area contributed by atoms with E-state index in [0.29, 0.717) is 56.3 Å². The SMILES string of the molecule is C[C@@H](CCC(=O)NCCS(=O)(=O)O)[C@H]1CC[C@H]2[C@@H]3[C@@H](OC(=O)C(C)(C)CC(C)(N)C(=O)O[C@H]4CC5C[C@H](O)CC[C@]5(C)[C@H]5CC[C@]6(C)[C@@H]([C@@H](C)CCC(=O)NCCS(=O)(=O)O)CC[C@H]6[C@H]45)CC4C[C@H](O)CC[C@]4(C)[C@H]3CC[C@]12C. The average Bonchev–Trinajstić information content (AvgIpc) is 3.22. The van der Waals surface area contributed by atoms with E-state index in [2.05, 4.69) is 52.2 Å². The topological polar surface area (TPSA) is 286 Å². The number of esters is 2. The lowest BCUT2D eigenvalue weighted by molar-refractivity contribution is -0.204. The Morgan fingerprint density at radius 2 is 0.937 bits per heavy atom. The molecule has 21 atom stereocenters. The molecule has 0 heterocycles. The Kier molecular flexibility index (Phi) is 18.4. The van der Waals surface area contributed by atoms with Gasteiger partial charge in [-0.2, -0.15) is 16.8 Å². The van der Waals surface area contributed by atoms with Crippen LogP contribution in [0.2, 0.25) is 0 Å². The van der Waals surface area contributed by atoms with Crippen molar-refractivity contribution in [3.8, 4) is 0 Å². The van der Waals surface area contributed by atoms with Crippen LogP contribution in [0, 0.1) is 98.1 Å². The van der Waals surface area contributed by atoms with Gasteiger partial charge in [0.25, 0.3) is 20.2 Å². The number of carbonyl (C=O) groups is 4. The number of carbonyl (C=O) groups excluding carboxylic acids is 4. The lowest BCUT2D eigenvalue weighted by Crippen LogP contribution is -2.61. The van der Waals surface area contributed by atoms with Gasteiger partial charge < -0.3 is 36.1 Å². The van der Waals surface area contributed by atoms with Gasteiger partial charge in [-0.25, -0.2) is 0 Å². The van der Waals surface area contributed by atoms with Crippen LogP contribution in [0.1, 0.15) is 197 Å². The molecule has 79 heavy (non-hydrogen) atoms. The van der Waals surface area contributed by atoms with E-state index in [1.807, 2.05) is 13.8 Å². The number of amides is 2. The smallest absolute Gasteiger partial charge is 0.326 e. The van der Waals surface area contributed by atoms with Crippen molar-refractivity contribution in [3.05, 3.63) is 0 Å². The molecule has 8 aliphatic carbocycles. The highest BCUT2D eigenvalue weighted by molar-refractivity contribution is 7.86. The van der Waals surface area contributed by atoms with Gasteiger partial charge in [0.15, 0.2) is 0 Å². The number of hydrogen-bond donors (Lipinski definition) is 7. The molecule has 2 amide bonds. The molecule has 8 rings (SSSR count). The number of nitrogens with one attached hydrogen (secondary N) is 2. The Balaban J connectivity index is 0.963. The van der Waals surface area contributed by atoms with Crippen molar-refractivity contribution >= 4 is 44.0 Å². The van der Waals surface area contributed by atoms with Crippen molar-refractivity contribution in [1.82, 2.24) is 10.6 Å². The Labute approximate surface area is 472 Å². The maximum atomic E-state index is 15.0. The fourth-order valence-corrected chi connectivity index (χ4v) is 20.8. The molecule has 8 saturated carbocycles. The van der Waals surface area contributed by atoms with Gasteiger partial charge in [0.1, 0.15) is 17.7 Å². The normalized spacial score (nSPS) is 41.5. The number of nitrogens with two attached hydrogens (primary N) is 1. The third kappa shape index (κ3) is 13.0. The lowest BCUT2D eigenvalue weighted by Gasteiger charge is -2.63. The van der Waals surface area contributed by atoms with Crippen molar-refractivity contribution in [1.29, 1.82) is 0 Å². The summed E-state index contributed by atoms with van der Waals surface area (Å²) in [6.45, 7) is 19.1. The zero-order valence-corrected chi connectivity index (χ0v) is 50.8. The summed E-state index contributed by atoms with van der Waals surface area (Å²) >= 11 is 0. The molecular formula is C60H101N3O14S2. The highest BCUT2D eigenvalue weighted by Gasteiger charge is 2.66. The molecule has 8 fully saturated rings. The van der Waals surface area contributed by atoms with Gasteiger partial charge in [0.05, 0.1) is 29.1 Å². The zero-order chi connectivity index (χ0) is 58.1. The first kappa shape index (κ1) is 62.6. The molecule has 0 aromatic heterocycles. The minimum Gasteiger partial charge on any atom is -0.462 e. The van der Waals surface area contributed by atoms with Crippen molar-refractivity contribution in [3.63, 3.8) is 0 Å². The van der Waals surface area contributed by atoms with Crippen molar-refractivity contribution < 1.29 is 64.8 Å². The van der Waals surface area contributed by atoms with Crippen molar-refractivity contribution in [2.24, 2.45) is 104 Å². The monoisotopic (exact) mass is 1150 g/mol. The summed E-state index contributed by atoms with van der Waals surface area (Å²) in [5, 5.41) is 27.4. The van der Waals surface area contributed by atoms with Gasteiger partial charge in [0, 0.05) is 37.8 Å². The van der Waals surface area contributed by atoms with Gasteiger partial charge in [-0.05, 0) is 224 Å². The highest BCUT2D eigenvalue weighted by atomic mass is 32.2. The van der Waals surface area contributed by atoms with Gasteiger partial charge in [0.2, 0.25) is 11.8 Å². The van der Waals surface area contributed by atoms with Crippen molar-refractivity contribution in [2.75, 3.05) is 24.6 Å². The first-order valence-corrected chi connectivity index (χ1v) is 33.8. The summed E-state index contributed by atoms with van der Waals surface area (Å²) in [6, 6.07) is 0. The fraction of sp³-hybridized carbons (Fsp3) is 0.933. The summed E-state index contributed by atoms with van der Waals surface area (Å²) < 4.78 is 76.8. The van der Waals surface area contributed by atoms with E-state index >= 15 is 4.79 Å². The minimum absolute atomic E-state index is 0.00669. The van der Waals surface area contributed by atoms with Crippen LogP contribution in [0.3, 0.4) is 0 Å². The summed E-state index contributed by atoms with van der Waals surface area (Å²) in [6.07, 6.45) is 14.0. The molecule has 0 aromatic rings. The Bertz CT molecular complexity index is 2310. The van der Waals surface area contributed by atoms with Crippen LogP contribution in [0.5, 0.6) is 0 Å². The third-order valence-corrected chi connectivity index (χ3v) is 25.6. The van der Waals surface area contributed by atoms with Crippen LogP contribution >= 0.6 is 0 Å². The van der Waals surface area contributed by atoms with Crippen LogP contribution in [0.4, 0.5) is 0 Å². The first-order chi connectivity index (χ1) is 36.6. The predicted molar refractivity (Wildman–Crippen MR) is 300 cm³/mol. The van der Waals surface area contributed by atoms with E-state index in [-0.39, 0.29) is 119 Å². The zero-order valence-electron chi connectivity index (χ0n) is 49.2. The average molecular weight is 1150 g/mol. The molecule has 3 unspecified atom stereocenters. The summed E-state index contributed by atoms with van der Waals surface area (Å²) in [5.41, 5.74) is 4.25. The lowest BCUT2D eigenvalue weighted by atomic mass is 9.43. The molecule has 8 aliphatic rings. The summed E-state index contributed by atoms with van der Waals surface area (Å²) in [4.78, 5) is 55.5. The molecule has 0 spiro atoms. The maximum Gasteiger partial charge on any atom is 0.326 e. The molecule has 0 aromatic carbocycles. The van der Waals surface area contributed by atoms with E-state index in [4.69, 9.17) is 24.3 Å². The van der Waals surface area contributed by atoms with Crippen LogP contribution in [0.15, 0.2) is 0 Å². The second-order valence-electron chi connectivity index (χ2n) is 29.4. The van der Waals surface area contributed by atoms with E-state index in [1.165, 1.54) is 0 Å². The maximum absolute atomic E-state index is 15.0. The predicted octanol–water partition coefficient (Wildman–Crippen LogP) is 8.04. The number of ether oxygens (including phenoxy) is 2. The van der Waals surface area contributed by atoms with Crippen molar-refractivity contribution in [2.45, 2.75) is 227 Å². The Morgan fingerprint density at radius 1 is 0.570 bits per heavy atom. The summed E-state index contributed by atoms with van der Waals surface area (Å²) in [7, 11) is -8.36. The Hall–Kier alpha value is -2.42. The van der Waals surface area contributed by atoms with Gasteiger partial charge in [-0.3, -0.25) is 28.3 Å². The number of aliphatic hydroxyl groups is 2. The standard InChI is InChI=1S/C60H101N3O14S2/c1-35(10-16-49(66)62-26-28-78(70,71)72)41-12-14-43-51-45(20-24-58(41,43)7)56(5)22-18-39(64)30-37(56)32-47(51)76-53(68)55(3,4)34-60(9,61)54(69)77-48-33-38-31-40(65)19-23-57(38,6)46-21-25-59(8)42(13-15-44(59)52(46)48)36(2)11-17-50(67)63-27-29-79(73,74)75/h35-48,51-52,64-65H,10-34,61H2,1-9H3,(H,62,66)(H,63,67)(H,70,71,72)(H,73,74,75)/t35-,36-,37?,38?,39+,40+,41+,42+,43-,44-,45-,46-,47-,48-,51-,52-,56-,57-,58+,59+,60?/m0/s1. The number of fused-ring (bicyclic) bond motifs is 10. The molecule has 8 N–H and O–H groups in total. The second kappa shape index (κ2) is 23.2. The van der Waals surface area contributed by atoms with E-state index in [1.54, 1.807) is 6.92 Å². The number of hydrogen-bond acceptors (Lipinski definition) is 13. The first-order valence-electron chi connectivity index (χ1n) is 30.6. The molecule has 452 valence electrons. The fourth-order valence-electron chi connectivity index (χ4n) is 20.1. The van der Waals surface area contributed by atoms with Crippen LogP contribution < -0.4 is 16.4 Å². The molecule has 0 bridgehead atoms. The van der Waals surface area contributed by atoms with E-state index in [9.17, 15) is 41.4 Å². The van der Waals surface area contributed by atoms with Gasteiger partial charge in [-0.15, -0.1) is 0 Å². The highest BCUT2D eigenvalue weighted by Crippen LogP contribution is 2.71. The molecule has 0 radical (unpaired) electrons. The molecule has 0 aliphatic heterocycles. The quantitative estimate of drug-likeness (QED) is 0.0448. The van der Waals surface area contributed by atoms with Gasteiger partial charge >= 0.3 is 11.9 Å². The van der Waals surface area contributed by atoms with Gasteiger partial charge in [-0.1, -0.05) is 41.5 Å². The minimum atomic E-state index is -4.18. The molecule has 19 heteroatoms. The Morgan fingerprint density at radius 3 is 1.33 bits per heavy atom. The number of aliphatic hydroxyl groups excluding tert-OH is 2.